The second-order valence-electron chi connectivity index (χ2n) is 6.39. The summed E-state index contributed by atoms with van der Waals surface area (Å²) in [5.74, 6) is 0.430. The molecule has 0 saturated heterocycles. The van der Waals surface area contributed by atoms with Crippen molar-refractivity contribution < 1.29 is 19.1 Å². The van der Waals surface area contributed by atoms with Crippen molar-refractivity contribution in [2.24, 2.45) is 0 Å². The zero-order valence-electron chi connectivity index (χ0n) is 14.4. The molecule has 3 aromatic rings. The minimum Gasteiger partial charge on any atom is -0.504 e. The lowest BCUT2D eigenvalue weighted by Crippen LogP contribution is -2.32. The number of phenolic OH excluding ortho intramolecular Hbond substituents is 1. The van der Waals surface area contributed by atoms with Crippen molar-refractivity contribution >= 4 is 5.91 Å². The molecule has 2 heterocycles. The van der Waals surface area contributed by atoms with Crippen LogP contribution in [0.3, 0.4) is 0 Å². The molecule has 0 unspecified atom stereocenters. The van der Waals surface area contributed by atoms with Gasteiger partial charge in [0.05, 0.1) is 18.4 Å². The monoisotopic (exact) mass is 349 g/mol. The van der Waals surface area contributed by atoms with Gasteiger partial charge in [-0.25, -0.2) is 0 Å². The summed E-state index contributed by atoms with van der Waals surface area (Å²) in [7, 11) is 0. The van der Waals surface area contributed by atoms with Crippen LogP contribution in [0, 0.1) is 6.92 Å². The SMILES string of the molecule is Cc1ccccc1-c1cc(O)c2c(c1)CN(C(=O)c1ccoc1)CCO2. The van der Waals surface area contributed by atoms with Crippen molar-refractivity contribution in [3.8, 4) is 22.6 Å². The number of hydrogen-bond acceptors (Lipinski definition) is 4. The quantitative estimate of drug-likeness (QED) is 0.760. The van der Waals surface area contributed by atoms with E-state index in [9.17, 15) is 9.90 Å². The van der Waals surface area contributed by atoms with Gasteiger partial charge < -0.3 is 19.2 Å². The molecule has 132 valence electrons. The number of benzene rings is 2. The molecule has 0 spiro atoms. The lowest BCUT2D eigenvalue weighted by Gasteiger charge is -2.19. The van der Waals surface area contributed by atoms with Gasteiger partial charge in [0.25, 0.3) is 5.91 Å². The average Bonchev–Trinajstić information content (AvgIpc) is 3.08. The molecule has 4 rings (SSSR count). The van der Waals surface area contributed by atoms with Crippen LogP contribution in [0.4, 0.5) is 0 Å². The smallest absolute Gasteiger partial charge is 0.257 e. The molecule has 1 aliphatic rings. The molecule has 2 aromatic carbocycles. The van der Waals surface area contributed by atoms with E-state index in [1.165, 1.54) is 12.5 Å². The van der Waals surface area contributed by atoms with Crippen LogP contribution < -0.4 is 4.74 Å². The predicted molar refractivity (Wildman–Crippen MR) is 97.2 cm³/mol. The number of aryl methyl sites for hydroxylation is 1. The Balaban J connectivity index is 1.72. The Kier molecular flexibility index (Phi) is 4.13. The Morgan fingerprint density at radius 2 is 2.04 bits per heavy atom. The fraction of sp³-hybridized carbons (Fsp3) is 0.190. The van der Waals surface area contributed by atoms with Crippen LogP contribution in [0.15, 0.2) is 59.4 Å². The Morgan fingerprint density at radius 1 is 1.19 bits per heavy atom. The Labute approximate surface area is 151 Å². The highest BCUT2D eigenvalue weighted by atomic mass is 16.5. The number of carbonyl (C=O) groups excluding carboxylic acids is 1. The Bertz CT molecular complexity index is 947. The zero-order chi connectivity index (χ0) is 18.1. The summed E-state index contributed by atoms with van der Waals surface area (Å²) in [5, 5.41) is 10.5. The van der Waals surface area contributed by atoms with Crippen molar-refractivity contribution in [3.63, 3.8) is 0 Å². The van der Waals surface area contributed by atoms with Crippen molar-refractivity contribution in [1.82, 2.24) is 4.90 Å². The molecule has 0 atom stereocenters. The van der Waals surface area contributed by atoms with Gasteiger partial charge in [0.15, 0.2) is 11.5 Å². The summed E-state index contributed by atoms with van der Waals surface area (Å²) in [6.07, 6.45) is 2.92. The van der Waals surface area contributed by atoms with Crippen LogP contribution in [0.1, 0.15) is 21.5 Å². The van der Waals surface area contributed by atoms with Crippen LogP contribution in [0.5, 0.6) is 11.5 Å². The van der Waals surface area contributed by atoms with Gasteiger partial charge in [-0.15, -0.1) is 0 Å². The van der Waals surface area contributed by atoms with Gasteiger partial charge in [-0.1, -0.05) is 24.3 Å². The maximum Gasteiger partial charge on any atom is 0.257 e. The van der Waals surface area contributed by atoms with Crippen LogP contribution >= 0.6 is 0 Å². The predicted octanol–water partition coefficient (Wildman–Crippen LogP) is 4.00. The van der Waals surface area contributed by atoms with Gasteiger partial charge in [0, 0.05) is 12.1 Å². The number of aromatic hydroxyl groups is 1. The zero-order valence-corrected chi connectivity index (χ0v) is 14.4. The molecule has 0 aliphatic carbocycles. The summed E-state index contributed by atoms with van der Waals surface area (Å²) >= 11 is 0. The van der Waals surface area contributed by atoms with Crippen molar-refractivity contribution in [2.75, 3.05) is 13.2 Å². The molecular weight excluding hydrogens is 330 g/mol. The minimum atomic E-state index is -0.115. The first kappa shape index (κ1) is 16.3. The molecule has 26 heavy (non-hydrogen) atoms. The Morgan fingerprint density at radius 3 is 2.81 bits per heavy atom. The van der Waals surface area contributed by atoms with Crippen molar-refractivity contribution in [2.45, 2.75) is 13.5 Å². The number of fused-ring (bicyclic) bond motifs is 1. The number of amides is 1. The Hall–Kier alpha value is -3.21. The highest BCUT2D eigenvalue weighted by Gasteiger charge is 2.24. The molecule has 5 heteroatoms. The molecule has 0 fully saturated rings. The number of phenols is 1. The van der Waals surface area contributed by atoms with Gasteiger partial charge in [-0.05, 0) is 41.8 Å². The van der Waals surface area contributed by atoms with Gasteiger partial charge in [-0.3, -0.25) is 4.79 Å². The molecule has 0 saturated carbocycles. The normalized spacial score (nSPS) is 13.7. The van der Waals surface area contributed by atoms with E-state index >= 15 is 0 Å². The molecule has 1 amide bonds. The van der Waals surface area contributed by atoms with Crippen LogP contribution in [0.2, 0.25) is 0 Å². The van der Waals surface area contributed by atoms with E-state index in [0.29, 0.717) is 31.0 Å². The first-order chi connectivity index (χ1) is 12.6. The van der Waals surface area contributed by atoms with Crippen molar-refractivity contribution in [3.05, 3.63) is 71.7 Å². The summed E-state index contributed by atoms with van der Waals surface area (Å²) in [6, 6.07) is 13.3. The van der Waals surface area contributed by atoms with E-state index in [2.05, 4.69) is 0 Å². The average molecular weight is 349 g/mol. The molecule has 1 aromatic heterocycles. The van der Waals surface area contributed by atoms with Crippen molar-refractivity contribution in [1.29, 1.82) is 0 Å². The van der Waals surface area contributed by atoms with E-state index in [-0.39, 0.29) is 11.7 Å². The number of furan rings is 1. The van der Waals surface area contributed by atoms with Crippen LogP contribution in [-0.2, 0) is 6.54 Å². The second-order valence-corrected chi connectivity index (χ2v) is 6.39. The first-order valence-corrected chi connectivity index (χ1v) is 8.49. The third-order valence-electron chi connectivity index (χ3n) is 4.63. The number of nitrogens with zero attached hydrogens (tertiary/aromatic N) is 1. The van der Waals surface area contributed by atoms with E-state index in [4.69, 9.17) is 9.15 Å². The topological polar surface area (TPSA) is 62.9 Å². The van der Waals surface area contributed by atoms with E-state index in [1.807, 2.05) is 37.3 Å². The third-order valence-corrected chi connectivity index (χ3v) is 4.63. The van der Waals surface area contributed by atoms with Gasteiger partial charge in [-0.2, -0.15) is 0 Å². The molecule has 1 aliphatic heterocycles. The highest BCUT2D eigenvalue weighted by Crippen LogP contribution is 2.38. The maximum atomic E-state index is 12.7. The number of hydrogen-bond donors (Lipinski definition) is 1. The maximum absolute atomic E-state index is 12.7. The molecule has 0 radical (unpaired) electrons. The molecule has 1 N–H and O–H groups in total. The molecule has 5 nitrogen and oxygen atoms in total. The van der Waals surface area contributed by atoms with Crippen LogP contribution in [-0.4, -0.2) is 29.1 Å². The molecular formula is C21H19NO4. The number of ether oxygens (including phenoxy) is 1. The number of rotatable bonds is 2. The third kappa shape index (κ3) is 2.92. The lowest BCUT2D eigenvalue weighted by molar-refractivity contribution is 0.0732. The lowest BCUT2D eigenvalue weighted by atomic mass is 9.97. The molecule has 0 bridgehead atoms. The summed E-state index contributed by atoms with van der Waals surface area (Å²) in [4.78, 5) is 14.4. The standard InChI is InChI=1S/C21H19NO4/c1-14-4-2-3-5-18(14)16-10-17-12-22(21(24)15-6-8-25-13-15)7-9-26-20(17)19(23)11-16/h2-6,8,10-11,13,23H,7,9,12H2,1H3. The summed E-state index contributed by atoms with van der Waals surface area (Å²) in [5.41, 5.74) is 4.36. The highest BCUT2D eigenvalue weighted by molar-refractivity contribution is 5.94. The minimum absolute atomic E-state index is 0.0957. The summed E-state index contributed by atoms with van der Waals surface area (Å²) in [6.45, 7) is 3.17. The van der Waals surface area contributed by atoms with Crippen LogP contribution in [0.25, 0.3) is 11.1 Å². The summed E-state index contributed by atoms with van der Waals surface area (Å²) < 4.78 is 10.7. The van der Waals surface area contributed by atoms with E-state index < -0.39 is 0 Å². The van der Waals surface area contributed by atoms with Gasteiger partial charge >= 0.3 is 0 Å². The second kappa shape index (κ2) is 6.59. The number of carbonyl (C=O) groups is 1. The van der Waals surface area contributed by atoms with E-state index in [0.717, 1.165) is 22.3 Å². The first-order valence-electron chi connectivity index (χ1n) is 8.49. The van der Waals surface area contributed by atoms with Gasteiger partial charge in [0.2, 0.25) is 0 Å². The fourth-order valence-electron chi connectivity index (χ4n) is 3.29. The van der Waals surface area contributed by atoms with Gasteiger partial charge in [0.1, 0.15) is 12.9 Å². The largest absolute Gasteiger partial charge is 0.504 e. The fourth-order valence-corrected chi connectivity index (χ4v) is 3.29. The van der Waals surface area contributed by atoms with E-state index in [1.54, 1.807) is 17.0 Å².